The second kappa shape index (κ2) is 7.34. The number of benzene rings is 1. The van der Waals surface area contributed by atoms with Gasteiger partial charge in [0, 0.05) is 18.2 Å². The van der Waals surface area contributed by atoms with E-state index in [0.717, 1.165) is 17.0 Å². The maximum Gasteiger partial charge on any atom is 0.325 e. The molecular formula is C17H15F2N3O4. The lowest BCUT2D eigenvalue weighted by molar-refractivity contribution is -0.128. The summed E-state index contributed by atoms with van der Waals surface area (Å²) in [4.78, 5) is 37.1. The summed E-state index contributed by atoms with van der Waals surface area (Å²) in [6, 6.07) is 4.89. The number of carbonyl (C=O) groups excluding carboxylic acids is 3. The third-order valence-corrected chi connectivity index (χ3v) is 3.86. The van der Waals surface area contributed by atoms with E-state index in [1.165, 1.54) is 12.3 Å². The summed E-state index contributed by atoms with van der Waals surface area (Å²) in [6.45, 7) is 0.00915. The average molecular weight is 363 g/mol. The summed E-state index contributed by atoms with van der Waals surface area (Å²) in [5, 5.41) is 4.92. The van der Waals surface area contributed by atoms with Crippen LogP contribution in [0.15, 0.2) is 41.0 Å². The molecule has 1 saturated heterocycles. The van der Waals surface area contributed by atoms with E-state index >= 15 is 0 Å². The summed E-state index contributed by atoms with van der Waals surface area (Å²) < 4.78 is 31.1. The lowest BCUT2D eigenvalue weighted by Gasteiger charge is -2.11. The smallest absolute Gasteiger partial charge is 0.325 e. The minimum absolute atomic E-state index is 0.00915. The molecule has 0 aliphatic carbocycles. The van der Waals surface area contributed by atoms with E-state index in [0.29, 0.717) is 5.76 Å². The van der Waals surface area contributed by atoms with Crippen LogP contribution < -0.4 is 10.6 Å². The lowest BCUT2D eigenvalue weighted by Crippen LogP contribution is -2.31. The van der Waals surface area contributed by atoms with Gasteiger partial charge < -0.3 is 15.1 Å². The standard InChI is InChI=1S/C17H15F2N3O4/c18-12-4-3-10(8-13(12)19)20-15(23)6-5-14-16(24)22(17(25)21-14)9-11-2-1-7-26-11/h1-4,7-8,14H,5-6,9H2,(H,20,23)(H,21,25)/t14-/m0/s1. The molecule has 2 heterocycles. The number of amides is 4. The van der Waals surface area contributed by atoms with Crippen LogP contribution in [-0.2, 0) is 16.1 Å². The van der Waals surface area contributed by atoms with Crippen molar-refractivity contribution in [2.24, 2.45) is 0 Å². The zero-order chi connectivity index (χ0) is 18.7. The molecule has 0 spiro atoms. The molecule has 1 aliphatic heterocycles. The first kappa shape index (κ1) is 17.6. The van der Waals surface area contributed by atoms with Crippen LogP contribution in [0, 0.1) is 11.6 Å². The van der Waals surface area contributed by atoms with Crippen LogP contribution in [0.2, 0.25) is 0 Å². The van der Waals surface area contributed by atoms with Crippen molar-refractivity contribution in [1.82, 2.24) is 10.2 Å². The number of urea groups is 1. The normalized spacial score (nSPS) is 16.7. The molecule has 4 amide bonds. The van der Waals surface area contributed by atoms with E-state index in [1.54, 1.807) is 12.1 Å². The molecule has 1 aromatic heterocycles. The van der Waals surface area contributed by atoms with Gasteiger partial charge in [0.05, 0.1) is 12.8 Å². The molecule has 0 bridgehead atoms. The number of hydrogen-bond acceptors (Lipinski definition) is 4. The van der Waals surface area contributed by atoms with Crippen molar-refractivity contribution in [1.29, 1.82) is 0 Å². The lowest BCUT2D eigenvalue weighted by atomic mass is 10.1. The maximum absolute atomic E-state index is 13.1. The number of anilines is 1. The van der Waals surface area contributed by atoms with Crippen LogP contribution >= 0.6 is 0 Å². The van der Waals surface area contributed by atoms with Gasteiger partial charge in [-0.1, -0.05) is 0 Å². The molecule has 26 heavy (non-hydrogen) atoms. The van der Waals surface area contributed by atoms with E-state index in [4.69, 9.17) is 4.42 Å². The Labute approximate surface area is 147 Å². The van der Waals surface area contributed by atoms with E-state index in [1.807, 2.05) is 0 Å². The summed E-state index contributed by atoms with van der Waals surface area (Å²) in [5.41, 5.74) is 0.107. The van der Waals surface area contributed by atoms with Crippen molar-refractivity contribution in [3.63, 3.8) is 0 Å². The van der Waals surface area contributed by atoms with E-state index in [2.05, 4.69) is 10.6 Å². The number of hydrogen-bond donors (Lipinski definition) is 2. The summed E-state index contributed by atoms with van der Waals surface area (Å²) in [7, 11) is 0. The van der Waals surface area contributed by atoms with Gasteiger partial charge in [-0.25, -0.2) is 13.6 Å². The fourth-order valence-corrected chi connectivity index (χ4v) is 2.55. The topological polar surface area (TPSA) is 91.7 Å². The van der Waals surface area contributed by atoms with Crippen molar-refractivity contribution >= 4 is 23.5 Å². The minimum Gasteiger partial charge on any atom is -0.467 e. The molecule has 1 aromatic carbocycles. The monoisotopic (exact) mass is 363 g/mol. The van der Waals surface area contributed by atoms with Crippen LogP contribution in [-0.4, -0.2) is 28.8 Å². The predicted molar refractivity (Wildman–Crippen MR) is 85.8 cm³/mol. The van der Waals surface area contributed by atoms with Crippen LogP contribution in [0.1, 0.15) is 18.6 Å². The van der Waals surface area contributed by atoms with Gasteiger partial charge in [-0.15, -0.1) is 0 Å². The van der Waals surface area contributed by atoms with Gasteiger partial charge in [-0.2, -0.15) is 0 Å². The van der Waals surface area contributed by atoms with Crippen molar-refractivity contribution in [2.75, 3.05) is 5.32 Å². The Morgan fingerprint density at radius 3 is 2.73 bits per heavy atom. The predicted octanol–water partition coefficient (Wildman–Crippen LogP) is 2.40. The van der Waals surface area contributed by atoms with Gasteiger partial charge in [0.1, 0.15) is 11.8 Å². The summed E-state index contributed by atoms with van der Waals surface area (Å²) in [5.74, 6) is -2.56. The number of nitrogens with one attached hydrogen (secondary N) is 2. The van der Waals surface area contributed by atoms with Gasteiger partial charge >= 0.3 is 6.03 Å². The third kappa shape index (κ3) is 3.88. The van der Waals surface area contributed by atoms with Crippen LogP contribution in [0.4, 0.5) is 19.3 Å². The second-order valence-electron chi connectivity index (χ2n) is 5.72. The van der Waals surface area contributed by atoms with Crippen molar-refractivity contribution < 1.29 is 27.6 Å². The van der Waals surface area contributed by atoms with Gasteiger partial charge in [0.2, 0.25) is 5.91 Å². The Morgan fingerprint density at radius 1 is 1.23 bits per heavy atom. The van der Waals surface area contributed by atoms with Gasteiger partial charge in [0.25, 0.3) is 5.91 Å². The molecule has 136 valence electrons. The Balaban J connectivity index is 1.52. The maximum atomic E-state index is 13.1. The SMILES string of the molecule is O=C(CC[C@@H]1NC(=O)N(Cc2ccco2)C1=O)Nc1ccc(F)c(F)c1. The average Bonchev–Trinajstić information content (AvgIpc) is 3.20. The first-order valence-electron chi connectivity index (χ1n) is 7.83. The second-order valence-corrected chi connectivity index (χ2v) is 5.72. The molecule has 1 fully saturated rings. The van der Waals surface area contributed by atoms with Gasteiger partial charge in [0.15, 0.2) is 11.6 Å². The van der Waals surface area contributed by atoms with E-state index in [9.17, 15) is 23.2 Å². The zero-order valence-corrected chi connectivity index (χ0v) is 13.5. The fraction of sp³-hybridized carbons (Fsp3) is 0.235. The number of halogens is 2. The Morgan fingerprint density at radius 2 is 2.04 bits per heavy atom. The highest BCUT2D eigenvalue weighted by Crippen LogP contribution is 2.17. The zero-order valence-electron chi connectivity index (χ0n) is 13.5. The molecule has 1 aliphatic rings. The number of nitrogens with zero attached hydrogens (tertiary/aromatic N) is 1. The Kier molecular flexibility index (Phi) is 4.97. The number of rotatable bonds is 6. The van der Waals surface area contributed by atoms with Crippen LogP contribution in [0.25, 0.3) is 0 Å². The van der Waals surface area contributed by atoms with E-state index < -0.39 is 35.5 Å². The van der Waals surface area contributed by atoms with Crippen LogP contribution in [0.3, 0.4) is 0 Å². The Hall–Kier alpha value is -3.23. The molecule has 7 nitrogen and oxygen atoms in total. The van der Waals surface area contributed by atoms with Crippen LogP contribution in [0.5, 0.6) is 0 Å². The molecule has 0 unspecified atom stereocenters. The van der Waals surface area contributed by atoms with Crippen molar-refractivity contribution in [2.45, 2.75) is 25.4 Å². The van der Waals surface area contributed by atoms with E-state index in [-0.39, 0.29) is 25.1 Å². The minimum atomic E-state index is -1.07. The molecule has 3 rings (SSSR count). The van der Waals surface area contributed by atoms with Gasteiger partial charge in [-0.05, 0) is 30.7 Å². The highest BCUT2D eigenvalue weighted by atomic mass is 19.2. The van der Waals surface area contributed by atoms with Crippen molar-refractivity contribution in [3.8, 4) is 0 Å². The highest BCUT2D eigenvalue weighted by Gasteiger charge is 2.38. The van der Waals surface area contributed by atoms with Gasteiger partial charge in [-0.3, -0.25) is 14.5 Å². The first-order chi connectivity index (χ1) is 12.4. The molecule has 2 aromatic rings. The third-order valence-electron chi connectivity index (χ3n) is 3.86. The first-order valence-corrected chi connectivity index (χ1v) is 7.83. The molecular weight excluding hydrogens is 348 g/mol. The molecule has 1 atom stereocenters. The molecule has 2 N–H and O–H groups in total. The number of carbonyl (C=O) groups is 3. The molecule has 9 heteroatoms. The largest absolute Gasteiger partial charge is 0.467 e. The number of furan rings is 1. The summed E-state index contributed by atoms with van der Waals surface area (Å²) >= 11 is 0. The van der Waals surface area contributed by atoms with Crippen molar-refractivity contribution in [3.05, 3.63) is 54.0 Å². The quantitative estimate of drug-likeness (QED) is 0.771. The molecule has 0 radical (unpaired) electrons. The summed E-state index contributed by atoms with van der Waals surface area (Å²) in [6.07, 6.45) is 1.44. The number of imide groups is 1. The highest BCUT2D eigenvalue weighted by molar-refractivity contribution is 6.04. The fourth-order valence-electron chi connectivity index (χ4n) is 2.55. The Bertz CT molecular complexity index is 839. The molecule has 0 saturated carbocycles.